The molecule has 0 heterocycles. The number of halogens is 2. The fourth-order valence-electron chi connectivity index (χ4n) is 2.49. The van der Waals surface area contributed by atoms with Crippen molar-refractivity contribution in [2.24, 2.45) is 5.92 Å². The Morgan fingerprint density at radius 2 is 2.00 bits per heavy atom. The molecule has 1 aliphatic rings. The molecule has 120 valence electrons. The first-order chi connectivity index (χ1) is 10.5. The van der Waals surface area contributed by atoms with Gasteiger partial charge in [0.2, 0.25) is 5.91 Å². The van der Waals surface area contributed by atoms with E-state index in [1.165, 1.54) is 12.1 Å². The van der Waals surface area contributed by atoms with Crippen LogP contribution < -0.4 is 10.6 Å². The number of carbonyl (C=O) groups excluding carboxylic acids is 2. The molecule has 1 aliphatic carbocycles. The van der Waals surface area contributed by atoms with Gasteiger partial charge in [-0.25, -0.2) is 0 Å². The first-order valence-corrected chi connectivity index (χ1v) is 7.91. The van der Waals surface area contributed by atoms with Crippen LogP contribution in [-0.2, 0) is 4.79 Å². The lowest BCUT2D eigenvalue weighted by atomic mass is 10.1. The van der Waals surface area contributed by atoms with E-state index in [1.54, 1.807) is 6.07 Å². The third-order valence-electron chi connectivity index (χ3n) is 3.77. The summed E-state index contributed by atoms with van der Waals surface area (Å²) in [6.45, 7) is 0.290. The second-order valence-electron chi connectivity index (χ2n) is 5.37. The van der Waals surface area contributed by atoms with Gasteiger partial charge in [0.05, 0.1) is 23.2 Å². The normalized spacial score (nSPS) is 20.7. The number of rotatable bonds is 5. The highest BCUT2D eigenvalue weighted by molar-refractivity contribution is 6.36. The van der Waals surface area contributed by atoms with E-state index in [1.807, 2.05) is 0 Å². The summed E-state index contributed by atoms with van der Waals surface area (Å²) in [5.74, 6) is -0.624. The number of amides is 2. The van der Waals surface area contributed by atoms with E-state index in [9.17, 15) is 14.7 Å². The molecule has 1 fully saturated rings. The monoisotopic (exact) mass is 344 g/mol. The number of nitrogens with one attached hydrogen (secondary N) is 2. The summed E-state index contributed by atoms with van der Waals surface area (Å²) < 4.78 is 0. The Balaban J connectivity index is 1.77. The van der Waals surface area contributed by atoms with Crippen molar-refractivity contribution < 1.29 is 14.7 Å². The average molecular weight is 345 g/mol. The Bertz CT molecular complexity index is 566. The molecule has 0 radical (unpaired) electrons. The molecular weight excluding hydrogens is 327 g/mol. The molecule has 2 rings (SSSR count). The fraction of sp³-hybridized carbons (Fsp3) is 0.467. The summed E-state index contributed by atoms with van der Waals surface area (Å²) in [5, 5.41) is 15.6. The van der Waals surface area contributed by atoms with Crippen LogP contribution in [0.5, 0.6) is 0 Å². The molecule has 0 spiro atoms. The van der Waals surface area contributed by atoms with Crippen molar-refractivity contribution in [2.75, 3.05) is 13.1 Å². The average Bonchev–Trinajstić information content (AvgIpc) is 2.88. The van der Waals surface area contributed by atoms with Gasteiger partial charge >= 0.3 is 0 Å². The molecule has 7 heteroatoms. The lowest BCUT2D eigenvalue weighted by molar-refractivity contribution is -0.120. The third kappa shape index (κ3) is 4.60. The van der Waals surface area contributed by atoms with E-state index in [4.69, 9.17) is 23.2 Å². The number of aliphatic hydroxyl groups excluding tert-OH is 1. The second kappa shape index (κ2) is 7.81. The van der Waals surface area contributed by atoms with Crippen molar-refractivity contribution in [3.05, 3.63) is 33.8 Å². The van der Waals surface area contributed by atoms with Gasteiger partial charge in [-0.2, -0.15) is 0 Å². The molecule has 5 nitrogen and oxygen atoms in total. The number of hydrogen-bond acceptors (Lipinski definition) is 3. The van der Waals surface area contributed by atoms with Crippen LogP contribution in [0.1, 0.15) is 29.6 Å². The van der Waals surface area contributed by atoms with Crippen LogP contribution in [0.25, 0.3) is 0 Å². The molecule has 3 N–H and O–H groups in total. The molecule has 0 aromatic heterocycles. The van der Waals surface area contributed by atoms with Crippen LogP contribution >= 0.6 is 23.2 Å². The summed E-state index contributed by atoms with van der Waals surface area (Å²) >= 11 is 11.7. The summed E-state index contributed by atoms with van der Waals surface area (Å²) in [7, 11) is 0. The molecule has 1 aromatic carbocycles. The summed E-state index contributed by atoms with van der Waals surface area (Å²) in [6, 6.07) is 4.54. The highest BCUT2D eigenvalue weighted by Crippen LogP contribution is 2.24. The number of hydrogen-bond donors (Lipinski definition) is 3. The van der Waals surface area contributed by atoms with Gasteiger partial charge in [0.15, 0.2) is 0 Å². The zero-order valence-corrected chi connectivity index (χ0v) is 13.5. The highest BCUT2D eigenvalue weighted by Gasteiger charge is 2.25. The zero-order chi connectivity index (χ0) is 16.1. The quantitative estimate of drug-likeness (QED) is 0.764. The molecule has 2 unspecified atom stereocenters. The van der Waals surface area contributed by atoms with Gasteiger partial charge in [-0.05, 0) is 31.0 Å². The van der Waals surface area contributed by atoms with Crippen LogP contribution in [0.3, 0.4) is 0 Å². The van der Waals surface area contributed by atoms with Crippen molar-refractivity contribution >= 4 is 35.0 Å². The van der Waals surface area contributed by atoms with Gasteiger partial charge in [0.1, 0.15) is 0 Å². The van der Waals surface area contributed by atoms with E-state index in [2.05, 4.69) is 10.6 Å². The van der Waals surface area contributed by atoms with E-state index >= 15 is 0 Å². The topological polar surface area (TPSA) is 78.4 Å². The standard InChI is InChI=1S/C15H18Cl2N2O3/c16-10-4-5-11(12(17)6-10)15(22)19-8-14(21)18-7-9-2-1-3-13(9)20/h4-6,9,13,20H,1-3,7-8H2,(H,18,21)(H,19,22). The molecule has 0 aliphatic heterocycles. The van der Waals surface area contributed by atoms with Gasteiger partial charge in [-0.1, -0.05) is 29.6 Å². The first kappa shape index (κ1) is 17.1. The molecule has 2 amide bonds. The molecular formula is C15H18Cl2N2O3. The maximum Gasteiger partial charge on any atom is 0.253 e. The van der Waals surface area contributed by atoms with Crippen LogP contribution in [0.2, 0.25) is 10.0 Å². The number of carbonyl (C=O) groups is 2. The van der Waals surface area contributed by atoms with E-state index in [0.717, 1.165) is 19.3 Å². The van der Waals surface area contributed by atoms with E-state index in [-0.39, 0.29) is 35.1 Å². The first-order valence-electron chi connectivity index (χ1n) is 7.15. The Kier molecular flexibility index (Phi) is 6.06. The maximum absolute atomic E-state index is 11.9. The van der Waals surface area contributed by atoms with E-state index in [0.29, 0.717) is 11.6 Å². The highest BCUT2D eigenvalue weighted by atomic mass is 35.5. The largest absolute Gasteiger partial charge is 0.393 e. The third-order valence-corrected chi connectivity index (χ3v) is 4.31. The number of benzene rings is 1. The lowest BCUT2D eigenvalue weighted by Crippen LogP contribution is -2.40. The van der Waals surface area contributed by atoms with Crippen LogP contribution in [0, 0.1) is 5.92 Å². The molecule has 1 saturated carbocycles. The van der Waals surface area contributed by atoms with Gasteiger partial charge in [0, 0.05) is 17.5 Å². The Hall–Kier alpha value is -1.30. The SMILES string of the molecule is O=C(CNC(=O)c1ccc(Cl)cc1Cl)NCC1CCCC1O. The maximum atomic E-state index is 11.9. The van der Waals surface area contributed by atoms with Gasteiger partial charge in [-0.15, -0.1) is 0 Å². The van der Waals surface area contributed by atoms with Crippen LogP contribution in [0.4, 0.5) is 0 Å². The minimum absolute atomic E-state index is 0.102. The molecule has 0 bridgehead atoms. The van der Waals surface area contributed by atoms with Crippen LogP contribution in [-0.4, -0.2) is 36.1 Å². The smallest absolute Gasteiger partial charge is 0.253 e. The van der Waals surface area contributed by atoms with Crippen molar-refractivity contribution in [3.8, 4) is 0 Å². The Morgan fingerprint density at radius 1 is 1.23 bits per heavy atom. The van der Waals surface area contributed by atoms with Gasteiger partial charge < -0.3 is 15.7 Å². The molecule has 1 aromatic rings. The molecule has 0 saturated heterocycles. The van der Waals surface area contributed by atoms with Gasteiger partial charge in [-0.3, -0.25) is 9.59 Å². The number of aliphatic hydroxyl groups is 1. The van der Waals surface area contributed by atoms with Crippen molar-refractivity contribution in [1.29, 1.82) is 0 Å². The lowest BCUT2D eigenvalue weighted by Gasteiger charge is -2.15. The summed E-state index contributed by atoms with van der Waals surface area (Å²) in [6.07, 6.45) is 2.33. The van der Waals surface area contributed by atoms with Crippen LogP contribution in [0.15, 0.2) is 18.2 Å². The summed E-state index contributed by atoms with van der Waals surface area (Å²) in [4.78, 5) is 23.7. The molecule has 2 atom stereocenters. The predicted octanol–water partition coefficient (Wildman–Crippen LogP) is 2.00. The second-order valence-corrected chi connectivity index (χ2v) is 6.21. The van der Waals surface area contributed by atoms with E-state index < -0.39 is 5.91 Å². The minimum atomic E-state index is -0.433. The van der Waals surface area contributed by atoms with Crippen molar-refractivity contribution in [1.82, 2.24) is 10.6 Å². The zero-order valence-electron chi connectivity index (χ0n) is 11.9. The van der Waals surface area contributed by atoms with Crippen molar-refractivity contribution in [2.45, 2.75) is 25.4 Å². The predicted molar refractivity (Wildman–Crippen MR) is 85.2 cm³/mol. The van der Waals surface area contributed by atoms with Crippen molar-refractivity contribution in [3.63, 3.8) is 0 Å². The minimum Gasteiger partial charge on any atom is -0.393 e. The Labute approximate surface area is 139 Å². The fourth-order valence-corrected chi connectivity index (χ4v) is 2.99. The van der Waals surface area contributed by atoms with Gasteiger partial charge in [0.25, 0.3) is 5.91 Å². The Morgan fingerprint density at radius 3 is 2.64 bits per heavy atom. The summed E-state index contributed by atoms with van der Waals surface area (Å²) in [5.41, 5.74) is 0.269. The molecule has 22 heavy (non-hydrogen) atoms.